The van der Waals surface area contributed by atoms with Gasteiger partial charge >= 0.3 is 5.69 Å². The number of amides is 1. The first-order chi connectivity index (χ1) is 23.6. The summed E-state index contributed by atoms with van der Waals surface area (Å²) in [5.74, 6) is 0.524. The van der Waals surface area contributed by atoms with Crippen molar-refractivity contribution in [3.63, 3.8) is 0 Å². The van der Waals surface area contributed by atoms with Crippen LogP contribution >= 0.6 is 0 Å². The minimum absolute atomic E-state index is 0.0272. The zero-order valence-corrected chi connectivity index (χ0v) is 27.5. The Morgan fingerprint density at radius 1 is 1.06 bits per heavy atom. The maximum atomic E-state index is 13.4. The molecule has 4 aromatic heterocycles. The van der Waals surface area contributed by atoms with E-state index in [0.717, 1.165) is 4.57 Å². The van der Waals surface area contributed by atoms with E-state index >= 15 is 0 Å². The van der Waals surface area contributed by atoms with Crippen LogP contribution in [-0.4, -0.2) is 76.3 Å². The Bertz CT molecular complexity index is 2200. The van der Waals surface area contributed by atoms with Crippen molar-refractivity contribution < 1.29 is 23.8 Å². The van der Waals surface area contributed by atoms with Crippen LogP contribution in [0.4, 0.5) is 11.8 Å². The zero-order chi connectivity index (χ0) is 35.0. The monoisotopic (exact) mass is 675 g/mol. The Morgan fingerprint density at radius 3 is 2.53 bits per heavy atom. The summed E-state index contributed by atoms with van der Waals surface area (Å²) < 4.78 is 22.9. The fourth-order valence-electron chi connectivity index (χ4n) is 5.97. The predicted octanol–water partition coefficient (Wildman–Crippen LogP) is 0.746. The van der Waals surface area contributed by atoms with E-state index in [4.69, 9.17) is 25.7 Å². The fourth-order valence-corrected chi connectivity index (χ4v) is 5.97. The van der Waals surface area contributed by atoms with Gasteiger partial charge in [0.1, 0.15) is 24.5 Å². The summed E-state index contributed by atoms with van der Waals surface area (Å²) in [5.41, 5.74) is 12.5. The lowest BCUT2D eigenvalue weighted by Gasteiger charge is -2.14. The van der Waals surface area contributed by atoms with Gasteiger partial charge in [0.05, 0.1) is 20.0 Å². The molecule has 2 unspecified atom stereocenters. The summed E-state index contributed by atoms with van der Waals surface area (Å²) in [6, 6.07) is 5.14. The highest BCUT2D eigenvalue weighted by atomic mass is 16.5. The molecule has 0 radical (unpaired) electrons. The van der Waals surface area contributed by atoms with Crippen molar-refractivity contribution in [2.24, 2.45) is 12.8 Å². The molecule has 49 heavy (non-hydrogen) atoms. The summed E-state index contributed by atoms with van der Waals surface area (Å²) in [5, 5.41) is 3.09. The second-order valence-electron chi connectivity index (χ2n) is 11.4. The Morgan fingerprint density at radius 2 is 1.84 bits per heavy atom. The number of ketones is 1. The zero-order valence-electron chi connectivity index (χ0n) is 27.5. The lowest BCUT2D eigenvalue weighted by molar-refractivity contribution is -0.130. The second kappa shape index (κ2) is 13.4. The number of primary amides is 1. The molecule has 1 aliphatic rings. The number of benzene rings is 1. The molecule has 6 rings (SSSR count). The minimum Gasteiger partial charge on any atom is -0.493 e. The van der Waals surface area contributed by atoms with E-state index in [1.54, 1.807) is 50.0 Å². The van der Waals surface area contributed by atoms with E-state index in [1.807, 2.05) is 0 Å². The number of carbonyl (C=O) groups is 2. The average Bonchev–Trinajstić information content (AvgIpc) is 3.82. The van der Waals surface area contributed by atoms with E-state index in [-0.39, 0.29) is 54.1 Å². The largest absolute Gasteiger partial charge is 0.493 e. The van der Waals surface area contributed by atoms with Gasteiger partial charge in [0.2, 0.25) is 17.6 Å². The van der Waals surface area contributed by atoms with Crippen molar-refractivity contribution in [2.45, 2.75) is 58.5 Å². The first kappa shape index (κ1) is 33.1. The molecule has 1 aliphatic heterocycles. The molecule has 1 saturated heterocycles. The highest BCUT2D eigenvalue weighted by Gasteiger charge is 2.31. The number of hydrogen-bond donors (Lipinski definition) is 3. The first-order valence-corrected chi connectivity index (χ1v) is 15.8. The summed E-state index contributed by atoms with van der Waals surface area (Å²) in [4.78, 5) is 68.3. The van der Waals surface area contributed by atoms with Crippen LogP contribution in [0.1, 0.15) is 49.1 Å². The smallest absolute Gasteiger partial charge is 0.332 e. The van der Waals surface area contributed by atoms with Crippen LogP contribution < -0.4 is 37.5 Å². The number of nitrogens with zero attached hydrogens (tertiary/aromatic N) is 8. The van der Waals surface area contributed by atoms with Crippen molar-refractivity contribution >= 4 is 45.8 Å². The van der Waals surface area contributed by atoms with Crippen LogP contribution in [0.15, 0.2) is 34.1 Å². The van der Waals surface area contributed by atoms with Crippen molar-refractivity contribution in [3.05, 3.63) is 56.8 Å². The lowest BCUT2D eigenvalue weighted by atomic mass is 10.1. The van der Waals surface area contributed by atoms with Gasteiger partial charge in [-0.1, -0.05) is 6.07 Å². The number of nitrogens with two attached hydrogens (primary N) is 2. The van der Waals surface area contributed by atoms with Gasteiger partial charge in [0.15, 0.2) is 40.0 Å². The number of Topliss-reactive ketones (excluding diaryl/α,β-unsaturated/α-hetero) is 1. The Labute approximate surface area is 278 Å². The molecule has 0 bridgehead atoms. The van der Waals surface area contributed by atoms with E-state index in [2.05, 4.69) is 25.3 Å². The molecule has 5 aromatic rings. The summed E-state index contributed by atoms with van der Waals surface area (Å²) >= 11 is 0. The van der Waals surface area contributed by atoms with Gasteiger partial charge in [-0.2, -0.15) is 9.97 Å². The molecule has 0 spiro atoms. The van der Waals surface area contributed by atoms with Crippen LogP contribution in [0.5, 0.6) is 11.5 Å². The number of methoxy groups -OCH3 is 1. The standard InChI is InChI=1S/C31H37N11O7/c1-5-40-28-23(29(45)41(6-2)31(40)46)39(3)26(37-28)17(43)13-16-7-8-18(20(14-16)47-4)48-12-11-34-30-36-24(32)22-27(38-30)42(15-35-22)21-10-9-19(49-21)25(33)44/h7-8,14-15,19,21H,5-6,9-13H2,1-4H3,(H2,33,44)(H3,32,34,36,38). The van der Waals surface area contributed by atoms with Gasteiger partial charge in [0, 0.05) is 26.6 Å². The number of carbonyl (C=O) groups excluding carboxylic acids is 2. The number of aromatic nitrogens is 8. The topological polar surface area (TPSA) is 231 Å². The Kier molecular flexibility index (Phi) is 9.05. The maximum absolute atomic E-state index is 13.4. The van der Waals surface area contributed by atoms with Gasteiger partial charge < -0.3 is 35.6 Å². The summed E-state index contributed by atoms with van der Waals surface area (Å²) in [6.07, 6.45) is 1.45. The molecule has 0 aliphatic carbocycles. The SMILES string of the molecule is CCn1c(=O)c2c(nc(C(=O)Cc3ccc(OCCNc4nc(N)c5ncn(C6CCC(C(N)=O)O6)c5n4)c(OC)c3)n2C)n(CC)c1=O. The molecule has 1 aromatic carbocycles. The van der Waals surface area contributed by atoms with Gasteiger partial charge in [-0.15, -0.1) is 0 Å². The molecule has 1 amide bonds. The quantitative estimate of drug-likeness (QED) is 0.116. The van der Waals surface area contributed by atoms with Crippen LogP contribution in [0.2, 0.25) is 0 Å². The first-order valence-electron chi connectivity index (χ1n) is 15.8. The normalized spacial score (nSPS) is 16.0. The fraction of sp³-hybridized carbons (Fsp3) is 0.419. The molecule has 5 heterocycles. The molecule has 5 N–H and O–H groups in total. The van der Waals surface area contributed by atoms with Gasteiger partial charge in [-0.25, -0.2) is 14.8 Å². The Balaban J connectivity index is 1.12. The molecule has 18 nitrogen and oxygen atoms in total. The van der Waals surface area contributed by atoms with Crippen LogP contribution in [0.3, 0.4) is 0 Å². The number of imidazole rings is 2. The van der Waals surface area contributed by atoms with E-state index in [1.165, 1.54) is 16.2 Å². The number of anilines is 2. The minimum atomic E-state index is -0.673. The number of ether oxygens (including phenoxy) is 3. The maximum Gasteiger partial charge on any atom is 0.332 e. The molecule has 0 saturated carbocycles. The van der Waals surface area contributed by atoms with Gasteiger partial charge in [-0.3, -0.25) is 28.1 Å². The van der Waals surface area contributed by atoms with Crippen LogP contribution in [-0.2, 0) is 36.1 Å². The van der Waals surface area contributed by atoms with E-state index < -0.39 is 29.5 Å². The van der Waals surface area contributed by atoms with Crippen molar-refractivity contribution in [1.29, 1.82) is 0 Å². The average molecular weight is 676 g/mol. The van der Waals surface area contributed by atoms with Crippen molar-refractivity contribution in [2.75, 3.05) is 31.3 Å². The Hall–Kier alpha value is -5.78. The number of nitrogens with one attached hydrogen (secondary N) is 1. The molecule has 1 fully saturated rings. The van der Waals surface area contributed by atoms with Crippen LogP contribution in [0, 0.1) is 0 Å². The highest BCUT2D eigenvalue weighted by Crippen LogP contribution is 2.32. The number of rotatable bonds is 13. The molecular weight excluding hydrogens is 638 g/mol. The van der Waals surface area contributed by atoms with E-state index in [0.29, 0.717) is 54.2 Å². The number of aryl methyl sites for hydroxylation is 2. The molecule has 18 heteroatoms. The molecular formula is C31H37N11O7. The highest BCUT2D eigenvalue weighted by molar-refractivity contribution is 5.97. The van der Waals surface area contributed by atoms with Gasteiger partial charge in [-0.05, 0) is 44.4 Å². The summed E-state index contributed by atoms with van der Waals surface area (Å²) in [7, 11) is 3.09. The third kappa shape index (κ3) is 6.05. The molecule has 258 valence electrons. The third-order valence-electron chi connectivity index (χ3n) is 8.43. The van der Waals surface area contributed by atoms with Crippen molar-refractivity contribution in [1.82, 2.24) is 38.2 Å². The van der Waals surface area contributed by atoms with Gasteiger partial charge in [0.25, 0.3) is 5.56 Å². The van der Waals surface area contributed by atoms with Crippen molar-refractivity contribution in [3.8, 4) is 11.5 Å². The number of fused-ring (bicyclic) bond motifs is 2. The number of nitrogen functional groups attached to an aromatic ring is 1. The third-order valence-corrected chi connectivity index (χ3v) is 8.43. The summed E-state index contributed by atoms with van der Waals surface area (Å²) in [6.45, 7) is 4.51. The number of hydrogen-bond acceptors (Lipinski definition) is 13. The van der Waals surface area contributed by atoms with E-state index in [9.17, 15) is 19.2 Å². The second-order valence-corrected chi connectivity index (χ2v) is 11.4. The predicted molar refractivity (Wildman–Crippen MR) is 178 cm³/mol. The lowest BCUT2D eigenvalue weighted by Crippen LogP contribution is -2.39. The molecule has 2 atom stereocenters. The van der Waals surface area contributed by atoms with Crippen LogP contribution in [0.25, 0.3) is 22.3 Å².